The maximum Gasteiger partial charge on any atom is 0.278 e. The first-order chi connectivity index (χ1) is 14.1. The van der Waals surface area contributed by atoms with Crippen LogP contribution in [0.5, 0.6) is 11.5 Å². The largest absolute Gasteiger partial charge is 0.457 e. The fourth-order valence-electron chi connectivity index (χ4n) is 2.73. The van der Waals surface area contributed by atoms with Crippen molar-refractivity contribution in [2.24, 2.45) is 0 Å². The van der Waals surface area contributed by atoms with Gasteiger partial charge in [-0.15, -0.1) is 5.10 Å². The highest BCUT2D eigenvalue weighted by molar-refractivity contribution is 9.10. The van der Waals surface area contributed by atoms with Crippen LogP contribution in [0.4, 0.5) is 5.69 Å². The third-order valence-electron chi connectivity index (χ3n) is 4.16. The van der Waals surface area contributed by atoms with Crippen LogP contribution in [0.3, 0.4) is 0 Å². The van der Waals surface area contributed by atoms with Gasteiger partial charge in [0.2, 0.25) is 0 Å². The number of hydrogen-bond donors (Lipinski definition) is 1. The van der Waals surface area contributed by atoms with Gasteiger partial charge in [0.15, 0.2) is 5.69 Å². The van der Waals surface area contributed by atoms with Gasteiger partial charge in [-0.2, -0.15) is 0 Å². The van der Waals surface area contributed by atoms with Gasteiger partial charge in [0, 0.05) is 22.6 Å². The zero-order chi connectivity index (χ0) is 20.2. The molecule has 0 fully saturated rings. The third kappa shape index (κ3) is 4.33. The van der Waals surface area contributed by atoms with E-state index in [4.69, 9.17) is 4.74 Å². The number of pyridine rings is 1. The molecule has 0 spiro atoms. The average molecular weight is 450 g/mol. The number of carbonyl (C=O) groups is 1. The molecule has 1 N–H and O–H groups in total. The Labute approximate surface area is 175 Å². The molecule has 0 saturated carbocycles. The fraction of sp³-hybridized carbons (Fsp3) is 0.0476. The number of nitrogens with one attached hydrogen (secondary N) is 1. The molecule has 0 bridgehead atoms. The molecule has 7 nitrogen and oxygen atoms in total. The monoisotopic (exact) mass is 449 g/mol. The second kappa shape index (κ2) is 8.24. The van der Waals surface area contributed by atoms with Gasteiger partial charge in [-0.1, -0.05) is 27.2 Å². The van der Waals surface area contributed by atoms with E-state index in [0.717, 1.165) is 10.2 Å². The zero-order valence-corrected chi connectivity index (χ0v) is 17.0. The fourth-order valence-corrected chi connectivity index (χ4v) is 3.12. The SMILES string of the molecule is Cc1c(C(=O)Nc2ccc(Oc3ccncc3)cc2)nnn1-c1cccc(Br)c1. The van der Waals surface area contributed by atoms with Gasteiger partial charge in [0.1, 0.15) is 11.5 Å². The van der Waals surface area contributed by atoms with Gasteiger partial charge in [-0.3, -0.25) is 9.78 Å². The van der Waals surface area contributed by atoms with Crippen LogP contribution in [0.25, 0.3) is 5.69 Å². The molecule has 8 heteroatoms. The summed E-state index contributed by atoms with van der Waals surface area (Å²) in [5.41, 5.74) is 2.37. The van der Waals surface area contributed by atoms with E-state index in [-0.39, 0.29) is 11.6 Å². The molecule has 4 rings (SSSR count). The van der Waals surface area contributed by atoms with Crippen molar-refractivity contribution < 1.29 is 9.53 Å². The lowest BCUT2D eigenvalue weighted by atomic mass is 10.2. The Bertz CT molecular complexity index is 1140. The first-order valence-electron chi connectivity index (χ1n) is 8.78. The van der Waals surface area contributed by atoms with Crippen LogP contribution in [0.1, 0.15) is 16.2 Å². The quantitative estimate of drug-likeness (QED) is 0.474. The zero-order valence-electron chi connectivity index (χ0n) is 15.4. The predicted molar refractivity (Wildman–Crippen MR) is 113 cm³/mol. The maximum absolute atomic E-state index is 12.6. The van der Waals surface area contributed by atoms with Gasteiger partial charge in [-0.05, 0) is 61.5 Å². The summed E-state index contributed by atoms with van der Waals surface area (Å²) in [6, 6.07) is 18.3. The number of benzene rings is 2. The molecule has 0 aliphatic heterocycles. The van der Waals surface area contributed by atoms with Crippen molar-refractivity contribution in [1.29, 1.82) is 0 Å². The smallest absolute Gasteiger partial charge is 0.278 e. The number of rotatable bonds is 5. The van der Waals surface area contributed by atoms with Crippen LogP contribution >= 0.6 is 15.9 Å². The highest BCUT2D eigenvalue weighted by Gasteiger charge is 2.17. The van der Waals surface area contributed by atoms with E-state index in [1.165, 1.54) is 0 Å². The van der Waals surface area contributed by atoms with Gasteiger partial charge in [0.25, 0.3) is 5.91 Å². The molecule has 29 heavy (non-hydrogen) atoms. The molecule has 0 saturated heterocycles. The summed E-state index contributed by atoms with van der Waals surface area (Å²) in [5.74, 6) is 1.02. The number of aromatic nitrogens is 4. The van der Waals surface area contributed by atoms with Crippen LogP contribution in [0.2, 0.25) is 0 Å². The number of ether oxygens (including phenoxy) is 1. The number of amides is 1. The second-order valence-corrected chi connectivity index (χ2v) is 7.09. The summed E-state index contributed by atoms with van der Waals surface area (Å²) >= 11 is 3.44. The Morgan fingerprint density at radius 1 is 1.03 bits per heavy atom. The van der Waals surface area contributed by atoms with E-state index >= 15 is 0 Å². The molecule has 0 unspecified atom stereocenters. The minimum absolute atomic E-state index is 0.266. The number of carbonyl (C=O) groups excluding carboxylic acids is 1. The average Bonchev–Trinajstić information content (AvgIpc) is 3.12. The molecular weight excluding hydrogens is 434 g/mol. The van der Waals surface area contributed by atoms with Crippen molar-refractivity contribution in [3.8, 4) is 17.2 Å². The molecule has 4 aromatic rings. The topological polar surface area (TPSA) is 81.9 Å². The van der Waals surface area contributed by atoms with E-state index in [2.05, 4.69) is 36.5 Å². The summed E-state index contributed by atoms with van der Waals surface area (Å²) in [6.45, 7) is 1.81. The lowest BCUT2D eigenvalue weighted by molar-refractivity contribution is 0.102. The highest BCUT2D eigenvalue weighted by atomic mass is 79.9. The summed E-state index contributed by atoms with van der Waals surface area (Å²) in [5, 5.41) is 11.0. The lowest BCUT2D eigenvalue weighted by Crippen LogP contribution is -2.14. The van der Waals surface area contributed by atoms with E-state index in [9.17, 15) is 4.79 Å². The Hall–Kier alpha value is -3.52. The molecular formula is C21H16BrN5O2. The molecule has 144 valence electrons. The van der Waals surface area contributed by atoms with Crippen LogP contribution in [0.15, 0.2) is 77.5 Å². The van der Waals surface area contributed by atoms with Gasteiger partial charge < -0.3 is 10.1 Å². The molecule has 2 aromatic carbocycles. The number of anilines is 1. The van der Waals surface area contributed by atoms with E-state index in [1.54, 1.807) is 53.5 Å². The molecule has 0 aliphatic carbocycles. The van der Waals surface area contributed by atoms with E-state index in [1.807, 2.05) is 31.2 Å². The van der Waals surface area contributed by atoms with Gasteiger partial charge >= 0.3 is 0 Å². The van der Waals surface area contributed by atoms with E-state index in [0.29, 0.717) is 22.9 Å². The molecule has 2 heterocycles. The van der Waals surface area contributed by atoms with Crippen LogP contribution in [-0.2, 0) is 0 Å². The predicted octanol–water partition coefficient (Wildman–Crippen LogP) is 4.78. The van der Waals surface area contributed by atoms with Crippen LogP contribution < -0.4 is 10.1 Å². The van der Waals surface area contributed by atoms with Crippen molar-refractivity contribution in [2.45, 2.75) is 6.92 Å². The van der Waals surface area contributed by atoms with Crippen LogP contribution in [0, 0.1) is 6.92 Å². The number of hydrogen-bond acceptors (Lipinski definition) is 5. The minimum atomic E-state index is -0.327. The van der Waals surface area contributed by atoms with Crippen molar-refractivity contribution >= 4 is 27.5 Å². The van der Waals surface area contributed by atoms with Crippen molar-refractivity contribution in [2.75, 3.05) is 5.32 Å². The van der Waals surface area contributed by atoms with Crippen molar-refractivity contribution in [3.63, 3.8) is 0 Å². The lowest BCUT2D eigenvalue weighted by Gasteiger charge is -2.08. The number of halogens is 1. The molecule has 1 amide bonds. The standard InChI is InChI=1S/C21H16BrN5O2/c1-14-20(25-26-27(14)17-4-2-3-15(22)13-17)21(28)24-16-5-7-18(8-6-16)29-19-9-11-23-12-10-19/h2-13H,1H3,(H,24,28). The van der Waals surface area contributed by atoms with Crippen molar-refractivity contribution in [1.82, 2.24) is 20.0 Å². The highest BCUT2D eigenvalue weighted by Crippen LogP contribution is 2.23. The second-order valence-electron chi connectivity index (χ2n) is 6.18. The minimum Gasteiger partial charge on any atom is -0.457 e. The van der Waals surface area contributed by atoms with Crippen LogP contribution in [-0.4, -0.2) is 25.9 Å². The normalized spacial score (nSPS) is 10.6. The molecule has 0 aliphatic rings. The molecule has 2 aromatic heterocycles. The summed E-state index contributed by atoms with van der Waals surface area (Å²) < 4.78 is 8.27. The Morgan fingerprint density at radius 3 is 2.48 bits per heavy atom. The maximum atomic E-state index is 12.6. The molecule has 0 radical (unpaired) electrons. The molecule has 0 atom stereocenters. The Balaban J connectivity index is 1.47. The summed E-state index contributed by atoms with van der Waals surface area (Å²) in [4.78, 5) is 16.6. The van der Waals surface area contributed by atoms with E-state index < -0.39 is 0 Å². The Morgan fingerprint density at radius 2 is 1.76 bits per heavy atom. The summed E-state index contributed by atoms with van der Waals surface area (Å²) in [7, 11) is 0. The van der Waals surface area contributed by atoms with Gasteiger partial charge in [-0.25, -0.2) is 4.68 Å². The first kappa shape index (κ1) is 18.8. The third-order valence-corrected chi connectivity index (χ3v) is 4.65. The summed E-state index contributed by atoms with van der Waals surface area (Å²) in [6.07, 6.45) is 3.32. The Kier molecular flexibility index (Phi) is 5.35. The number of nitrogens with zero attached hydrogens (tertiary/aromatic N) is 4. The van der Waals surface area contributed by atoms with Gasteiger partial charge in [0.05, 0.1) is 11.4 Å². The first-order valence-corrected chi connectivity index (χ1v) is 9.57. The van der Waals surface area contributed by atoms with Crippen molar-refractivity contribution in [3.05, 3.63) is 88.9 Å².